The molecule has 2 aromatic heterocycles. The highest BCUT2D eigenvalue weighted by molar-refractivity contribution is 6.12. The number of benzene rings is 10. The zero-order chi connectivity index (χ0) is 40.3. The van der Waals surface area contributed by atoms with Crippen molar-refractivity contribution in [2.24, 2.45) is 0 Å². The molecule has 0 saturated heterocycles. The van der Waals surface area contributed by atoms with Gasteiger partial charge in [-0.1, -0.05) is 140 Å². The van der Waals surface area contributed by atoms with Crippen LogP contribution in [0, 0.1) is 0 Å². The van der Waals surface area contributed by atoms with E-state index in [-0.39, 0.29) is 0 Å². The van der Waals surface area contributed by atoms with Gasteiger partial charge in [0.15, 0.2) is 0 Å². The Kier molecular flexibility index (Phi) is 8.17. The molecule has 12 aromatic rings. The maximum Gasteiger partial charge on any atom is 0.143 e. The largest absolute Gasteiger partial charge is 0.455 e. The zero-order valence-electron chi connectivity index (χ0n) is 33.2. The molecule has 0 saturated carbocycles. The van der Waals surface area contributed by atoms with Crippen LogP contribution in [-0.4, -0.2) is 4.57 Å². The summed E-state index contributed by atoms with van der Waals surface area (Å²) in [6.07, 6.45) is 0. The monoisotopic (exact) mass is 778 g/mol. The molecule has 286 valence electrons. The third-order valence-electron chi connectivity index (χ3n) is 12.1. The number of aromatic nitrogens is 1. The number of hydrogen-bond donors (Lipinski definition) is 0. The Balaban J connectivity index is 1.03. The van der Waals surface area contributed by atoms with Crippen molar-refractivity contribution in [2.45, 2.75) is 0 Å². The van der Waals surface area contributed by atoms with E-state index >= 15 is 0 Å². The summed E-state index contributed by atoms with van der Waals surface area (Å²) < 4.78 is 9.00. The molecule has 0 atom stereocenters. The molecule has 0 unspecified atom stereocenters. The van der Waals surface area contributed by atoms with Crippen molar-refractivity contribution in [1.29, 1.82) is 0 Å². The van der Waals surface area contributed by atoms with Gasteiger partial charge in [0.05, 0.1) is 11.0 Å². The summed E-state index contributed by atoms with van der Waals surface area (Å²) in [4.78, 5) is 2.33. The van der Waals surface area contributed by atoms with Crippen LogP contribution in [0.4, 0.5) is 17.1 Å². The molecular formula is C58H38N2O. The van der Waals surface area contributed by atoms with Crippen molar-refractivity contribution in [1.82, 2.24) is 4.57 Å². The zero-order valence-corrected chi connectivity index (χ0v) is 33.2. The number of para-hydroxylation sites is 5. The molecule has 10 aromatic carbocycles. The molecule has 0 aliphatic heterocycles. The lowest BCUT2D eigenvalue weighted by Gasteiger charge is -2.26. The summed E-state index contributed by atoms with van der Waals surface area (Å²) in [5.41, 5.74) is 15.4. The molecule has 0 N–H and O–H groups in total. The Bertz CT molecular complexity index is 3580. The van der Waals surface area contributed by atoms with E-state index in [1.54, 1.807) is 0 Å². The van der Waals surface area contributed by atoms with E-state index < -0.39 is 0 Å². The van der Waals surface area contributed by atoms with Gasteiger partial charge in [0.25, 0.3) is 0 Å². The fraction of sp³-hybridized carbons (Fsp3) is 0. The van der Waals surface area contributed by atoms with Crippen LogP contribution in [0.25, 0.3) is 93.6 Å². The predicted octanol–water partition coefficient (Wildman–Crippen LogP) is 16.3. The molecular weight excluding hydrogens is 741 g/mol. The standard InChI is InChI=1S/C58H38N2O/c1-3-16-46(17-4-1)59(49-32-28-39-14-7-8-15-41(39)37-49)48-30-26-40(27-31-48)43-34-44(36-45(35-43)50-22-13-23-53-52-21-10-12-25-57(52)61-58(50)53)42-29-33-56-54(38-42)51-20-9-11-24-55(51)60(56)47-18-5-2-6-19-47/h1-38H. The lowest BCUT2D eigenvalue weighted by Crippen LogP contribution is -2.09. The first-order valence-corrected chi connectivity index (χ1v) is 20.8. The van der Waals surface area contributed by atoms with Gasteiger partial charge in [-0.05, 0) is 130 Å². The Morgan fingerprint density at radius 2 is 0.934 bits per heavy atom. The molecule has 0 aliphatic rings. The molecule has 0 aliphatic carbocycles. The average molecular weight is 779 g/mol. The van der Waals surface area contributed by atoms with Crippen LogP contribution in [0.1, 0.15) is 0 Å². The van der Waals surface area contributed by atoms with Crippen molar-refractivity contribution < 1.29 is 4.42 Å². The van der Waals surface area contributed by atoms with Gasteiger partial charge in [-0.25, -0.2) is 0 Å². The Hall–Kier alpha value is -8.14. The summed E-state index contributed by atoms with van der Waals surface area (Å²) in [5.74, 6) is 0. The second-order valence-electron chi connectivity index (χ2n) is 15.7. The predicted molar refractivity (Wildman–Crippen MR) is 257 cm³/mol. The lowest BCUT2D eigenvalue weighted by molar-refractivity contribution is 0.670. The Morgan fingerprint density at radius 1 is 0.328 bits per heavy atom. The van der Waals surface area contributed by atoms with E-state index in [9.17, 15) is 0 Å². The van der Waals surface area contributed by atoms with Gasteiger partial charge in [0, 0.05) is 49.9 Å². The number of hydrogen-bond acceptors (Lipinski definition) is 2. The number of furan rings is 1. The molecule has 2 heterocycles. The van der Waals surface area contributed by atoms with Crippen LogP contribution >= 0.6 is 0 Å². The van der Waals surface area contributed by atoms with Crippen molar-refractivity contribution in [3.05, 3.63) is 231 Å². The third kappa shape index (κ3) is 5.98. The van der Waals surface area contributed by atoms with Crippen molar-refractivity contribution >= 4 is 71.6 Å². The highest BCUT2D eigenvalue weighted by Gasteiger charge is 2.18. The number of rotatable bonds is 7. The van der Waals surface area contributed by atoms with Gasteiger partial charge in [-0.3, -0.25) is 0 Å². The van der Waals surface area contributed by atoms with Crippen LogP contribution in [0.5, 0.6) is 0 Å². The minimum Gasteiger partial charge on any atom is -0.455 e. The fourth-order valence-corrected chi connectivity index (χ4v) is 9.24. The third-order valence-corrected chi connectivity index (χ3v) is 12.1. The highest BCUT2D eigenvalue weighted by atomic mass is 16.3. The fourth-order valence-electron chi connectivity index (χ4n) is 9.24. The van der Waals surface area contributed by atoms with Crippen LogP contribution in [0.15, 0.2) is 235 Å². The highest BCUT2D eigenvalue weighted by Crippen LogP contribution is 2.42. The summed E-state index contributed by atoms with van der Waals surface area (Å²) in [6, 6.07) is 83.0. The molecule has 0 spiro atoms. The van der Waals surface area contributed by atoms with Crippen LogP contribution in [-0.2, 0) is 0 Å². The lowest BCUT2D eigenvalue weighted by atomic mass is 9.92. The quantitative estimate of drug-likeness (QED) is 0.161. The molecule has 3 nitrogen and oxygen atoms in total. The molecule has 0 radical (unpaired) electrons. The van der Waals surface area contributed by atoms with Crippen molar-refractivity contribution in [3.63, 3.8) is 0 Å². The van der Waals surface area contributed by atoms with E-state index in [0.29, 0.717) is 0 Å². The smallest absolute Gasteiger partial charge is 0.143 e. The topological polar surface area (TPSA) is 21.3 Å². The molecule has 12 rings (SSSR count). The molecule has 0 fully saturated rings. The van der Waals surface area contributed by atoms with E-state index in [4.69, 9.17) is 4.42 Å². The van der Waals surface area contributed by atoms with Gasteiger partial charge >= 0.3 is 0 Å². The van der Waals surface area contributed by atoms with E-state index in [1.807, 2.05) is 6.07 Å². The van der Waals surface area contributed by atoms with Crippen LogP contribution < -0.4 is 4.90 Å². The second-order valence-corrected chi connectivity index (χ2v) is 15.7. The normalized spacial score (nSPS) is 11.6. The molecule has 0 bridgehead atoms. The average Bonchev–Trinajstić information content (AvgIpc) is 3.88. The summed E-state index contributed by atoms with van der Waals surface area (Å²) >= 11 is 0. The molecule has 61 heavy (non-hydrogen) atoms. The second kappa shape index (κ2) is 14.3. The number of anilines is 3. The van der Waals surface area contributed by atoms with Crippen molar-refractivity contribution in [2.75, 3.05) is 4.90 Å². The number of fused-ring (bicyclic) bond motifs is 7. The van der Waals surface area contributed by atoms with Crippen molar-refractivity contribution in [3.8, 4) is 39.1 Å². The summed E-state index contributed by atoms with van der Waals surface area (Å²) in [5, 5.41) is 7.14. The molecule has 3 heteroatoms. The van der Waals surface area contributed by atoms with Crippen LogP contribution in [0.3, 0.4) is 0 Å². The maximum absolute atomic E-state index is 6.62. The van der Waals surface area contributed by atoms with Gasteiger partial charge in [-0.15, -0.1) is 0 Å². The summed E-state index contributed by atoms with van der Waals surface area (Å²) in [6.45, 7) is 0. The SMILES string of the molecule is c1ccc(N(c2ccc(-c3cc(-c4ccc5c(c4)c4ccccc4n5-c4ccccc4)cc(-c4cccc5c4oc4ccccc45)c3)cc2)c2ccc3ccccc3c2)cc1. The first-order valence-electron chi connectivity index (χ1n) is 20.8. The van der Waals surface area contributed by atoms with Gasteiger partial charge in [0.1, 0.15) is 11.2 Å². The first-order chi connectivity index (χ1) is 30.2. The Labute approximate surface area is 353 Å². The van der Waals surface area contributed by atoms with Gasteiger partial charge in [0.2, 0.25) is 0 Å². The van der Waals surface area contributed by atoms with E-state index in [2.05, 4.69) is 234 Å². The van der Waals surface area contributed by atoms with Crippen LogP contribution in [0.2, 0.25) is 0 Å². The minimum absolute atomic E-state index is 0.895. The molecule has 0 amide bonds. The van der Waals surface area contributed by atoms with Gasteiger partial charge < -0.3 is 13.9 Å². The van der Waals surface area contributed by atoms with Gasteiger partial charge in [-0.2, -0.15) is 0 Å². The number of nitrogens with zero attached hydrogens (tertiary/aromatic N) is 2. The Morgan fingerprint density at radius 3 is 1.77 bits per heavy atom. The van der Waals surface area contributed by atoms with E-state index in [1.165, 1.54) is 32.6 Å². The minimum atomic E-state index is 0.895. The first kappa shape index (κ1) is 34.9. The maximum atomic E-state index is 6.62. The van der Waals surface area contributed by atoms with E-state index in [0.717, 1.165) is 78.1 Å². The summed E-state index contributed by atoms with van der Waals surface area (Å²) in [7, 11) is 0.